The van der Waals surface area contributed by atoms with Gasteiger partial charge >= 0.3 is 0 Å². The molecule has 33 heavy (non-hydrogen) atoms. The van der Waals surface area contributed by atoms with Gasteiger partial charge in [-0.15, -0.1) is 11.3 Å². The lowest BCUT2D eigenvalue weighted by molar-refractivity contribution is -0.124. The highest BCUT2D eigenvalue weighted by Gasteiger charge is 2.34. The number of hydrogen-bond donors (Lipinski definition) is 1. The molecule has 0 bridgehead atoms. The van der Waals surface area contributed by atoms with E-state index in [0.717, 1.165) is 37.7 Å². The maximum atomic E-state index is 13.2. The van der Waals surface area contributed by atoms with Gasteiger partial charge in [-0.3, -0.25) is 19.3 Å². The molecule has 1 aromatic heterocycles. The van der Waals surface area contributed by atoms with Crippen molar-refractivity contribution in [3.05, 3.63) is 80.8 Å². The molecule has 1 aliphatic heterocycles. The van der Waals surface area contributed by atoms with E-state index in [1.165, 1.54) is 23.5 Å². The lowest BCUT2D eigenvalue weighted by Crippen LogP contribution is -2.37. The Morgan fingerprint density at radius 2 is 1.85 bits per heavy atom. The molecule has 1 N–H and O–H groups in total. The van der Waals surface area contributed by atoms with Crippen molar-refractivity contribution in [2.45, 2.75) is 13.3 Å². The van der Waals surface area contributed by atoms with Gasteiger partial charge in [0.1, 0.15) is 5.82 Å². The number of aromatic nitrogens is 1. The monoisotopic (exact) mass is 481 g/mol. The zero-order valence-electron chi connectivity index (χ0n) is 17.7. The SMILES string of the molecule is Cc1nc(-c2ccc(F)cc2)c(CC(=O)NCCN2C(=O)S/C(=C\c3ccccc3)C2=O)s1. The zero-order valence-corrected chi connectivity index (χ0v) is 19.3. The Morgan fingerprint density at radius 1 is 1.12 bits per heavy atom. The number of carbonyl (C=O) groups is 3. The first-order valence-corrected chi connectivity index (χ1v) is 11.8. The molecule has 9 heteroatoms. The fourth-order valence-electron chi connectivity index (χ4n) is 3.33. The van der Waals surface area contributed by atoms with Gasteiger partial charge in [-0.1, -0.05) is 30.3 Å². The second-order valence-corrected chi connectivity index (χ2v) is 9.56. The van der Waals surface area contributed by atoms with Crippen LogP contribution in [-0.2, 0) is 16.0 Å². The van der Waals surface area contributed by atoms with Gasteiger partial charge in [-0.2, -0.15) is 0 Å². The van der Waals surface area contributed by atoms with Crippen LogP contribution >= 0.6 is 23.1 Å². The number of nitrogens with zero attached hydrogens (tertiary/aromatic N) is 2. The molecule has 3 aromatic rings. The van der Waals surface area contributed by atoms with Crippen LogP contribution < -0.4 is 5.32 Å². The molecule has 168 valence electrons. The van der Waals surface area contributed by atoms with Crippen LogP contribution in [-0.4, -0.2) is 40.0 Å². The summed E-state index contributed by atoms with van der Waals surface area (Å²) in [5.74, 6) is -0.940. The van der Waals surface area contributed by atoms with Crippen LogP contribution in [0.3, 0.4) is 0 Å². The molecular weight excluding hydrogens is 461 g/mol. The molecule has 2 aromatic carbocycles. The number of thiazole rings is 1. The van der Waals surface area contributed by atoms with Crippen LogP contribution in [0.5, 0.6) is 0 Å². The first-order valence-electron chi connectivity index (χ1n) is 10.2. The van der Waals surface area contributed by atoms with Crippen LogP contribution in [0.25, 0.3) is 17.3 Å². The van der Waals surface area contributed by atoms with Crippen molar-refractivity contribution >= 4 is 46.2 Å². The largest absolute Gasteiger partial charge is 0.354 e. The van der Waals surface area contributed by atoms with Crippen molar-refractivity contribution in [3.63, 3.8) is 0 Å². The minimum atomic E-state index is -0.361. The van der Waals surface area contributed by atoms with Gasteiger partial charge in [0, 0.05) is 23.5 Å². The number of rotatable bonds is 7. The summed E-state index contributed by atoms with van der Waals surface area (Å²) in [5.41, 5.74) is 2.24. The van der Waals surface area contributed by atoms with E-state index < -0.39 is 0 Å². The maximum Gasteiger partial charge on any atom is 0.293 e. The van der Waals surface area contributed by atoms with Gasteiger partial charge in [0.15, 0.2) is 0 Å². The number of halogens is 1. The molecule has 0 spiro atoms. The zero-order chi connectivity index (χ0) is 23.4. The minimum Gasteiger partial charge on any atom is -0.354 e. The number of thioether (sulfide) groups is 1. The fraction of sp³-hybridized carbons (Fsp3) is 0.167. The summed E-state index contributed by atoms with van der Waals surface area (Å²) >= 11 is 2.30. The summed E-state index contributed by atoms with van der Waals surface area (Å²) in [7, 11) is 0. The Kier molecular flexibility index (Phi) is 7.00. The van der Waals surface area contributed by atoms with Crippen LogP contribution in [0, 0.1) is 12.7 Å². The van der Waals surface area contributed by atoms with Crippen molar-refractivity contribution < 1.29 is 18.8 Å². The molecule has 1 saturated heterocycles. The van der Waals surface area contributed by atoms with Crippen molar-refractivity contribution in [1.29, 1.82) is 0 Å². The van der Waals surface area contributed by atoms with Crippen molar-refractivity contribution in [2.24, 2.45) is 0 Å². The number of benzene rings is 2. The highest BCUT2D eigenvalue weighted by Crippen LogP contribution is 2.32. The quantitative estimate of drug-likeness (QED) is 0.497. The van der Waals surface area contributed by atoms with Crippen LogP contribution in [0.2, 0.25) is 0 Å². The molecule has 0 radical (unpaired) electrons. The summed E-state index contributed by atoms with van der Waals surface area (Å²) in [6, 6.07) is 15.3. The van der Waals surface area contributed by atoms with Gasteiger partial charge in [0.2, 0.25) is 5.91 Å². The number of nitrogens with one attached hydrogen (secondary N) is 1. The summed E-state index contributed by atoms with van der Waals surface area (Å²) in [4.78, 5) is 44.1. The Hall–Kier alpha value is -3.30. The Balaban J connectivity index is 1.34. The first kappa shape index (κ1) is 22.9. The third-order valence-electron chi connectivity index (χ3n) is 4.87. The molecule has 0 atom stereocenters. The van der Waals surface area contributed by atoms with Crippen LogP contribution in [0.15, 0.2) is 59.5 Å². The Morgan fingerprint density at radius 3 is 2.58 bits per heavy atom. The molecule has 4 rings (SSSR count). The third-order valence-corrected chi connectivity index (χ3v) is 6.75. The second-order valence-electron chi connectivity index (χ2n) is 7.28. The summed E-state index contributed by atoms with van der Waals surface area (Å²) in [6.45, 7) is 2.09. The summed E-state index contributed by atoms with van der Waals surface area (Å²) < 4.78 is 13.2. The average molecular weight is 482 g/mol. The number of carbonyl (C=O) groups excluding carboxylic acids is 3. The molecule has 2 heterocycles. The fourth-order valence-corrected chi connectivity index (χ4v) is 5.15. The van der Waals surface area contributed by atoms with Crippen LogP contribution in [0.4, 0.5) is 9.18 Å². The predicted molar refractivity (Wildman–Crippen MR) is 128 cm³/mol. The molecule has 0 unspecified atom stereocenters. The van der Waals surface area contributed by atoms with Gasteiger partial charge in [0.05, 0.1) is 22.0 Å². The van der Waals surface area contributed by atoms with Crippen LogP contribution in [0.1, 0.15) is 15.4 Å². The highest BCUT2D eigenvalue weighted by molar-refractivity contribution is 8.18. The van der Waals surface area contributed by atoms with E-state index in [9.17, 15) is 18.8 Å². The molecular formula is C24H20FN3O3S2. The second kappa shape index (κ2) is 10.1. The molecule has 6 nitrogen and oxygen atoms in total. The number of amides is 3. The molecule has 1 aliphatic rings. The lowest BCUT2D eigenvalue weighted by Gasteiger charge is -2.13. The normalized spacial score (nSPS) is 14.8. The van der Waals surface area contributed by atoms with Gasteiger partial charge in [-0.25, -0.2) is 9.37 Å². The van der Waals surface area contributed by atoms with E-state index in [2.05, 4.69) is 10.3 Å². The van der Waals surface area contributed by atoms with Crippen molar-refractivity contribution in [3.8, 4) is 11.3 Å². The highest BCUT2D eigenvalue weighted by atomic mass is 32.2. The van der Waals surface area contributed by atoms with E-state index in [0.29, 0.717) is 10.6 Å². The van der Waals surface area contributed by atoms with Gasteiger partial charge < -0.3 is 5.32 Å². The maximum absolute atomic E-state index is 13.2. The third kappa shape index (κ3) is 5.55. The summed E-state index contributed by atoms with van der Waals surface area (Å²) in [6.07, 6.45) is 1.79. The topological polar surface area (TPSA) is 79.4 Å². The Bertz CT molecular complexity index is 1220. The van der Waals surface area contributed by atoms with Gasteiger partial charge in [0.25, 0.3) is 11.1 Å². The van der Waals surface area contributed by atoms with E-state index in [1.807, 2.05) is 37.3 Å². The van der Waals surface area contributed by atoms with Crippen molar-refractivity contribution in [1.82, 2.24) is 15.2 Å². The van der Waals surface area contributed by atoms with E-state index in [4.69, 9.17) is 0 Å². The number of imide groups is 1. The van der Waals surface area contributed by atoms with Crippen molar-refractivity contribution in [2.75, 3.05) is 13.1 Å². The van der Waals surface area contributed by atoms with Gasteiger partial charge in [-0.05, 0) is 54.6 Å². The Labute approximate surface area is 198 Å². The summed E-state index contributed by atoms with van der Waals surface area (Å²) in [5, 5.41) is 3.22. The molecule has 0 aliphatic carbocycles. The predicted octanol–water partition coefficient (Wildman–Crippen LogP) is 4.65. The molecule has 0 saturated carbocycles. The molecule has 3 amide bonds. The van der Waals surface area contributed by atoms with E-state index in [-0.39, 0.29) is 42.4 Å². The first-order chi connectivity index (χ1) is 15.9. The number of aryl methyl sites for hydroxylation is 1. The average Bonchev–Trinajstić information content (AvgIpc) is 3.28. The molecule has 1 fully saturated rings. The smallest absolute Gasteiger partial charge is 0.293 e. The minimum absolute atomic E-state index is 0.0923. The number of hydrogen-bond acceptors (Lipinski definition) is 6. The van der Waals surface area contributed by atoms with E-state index in [1.54, 1.807) is 18.2 Å². The lowest BCUT2D eigenvalue weighted by atomic mass is 10.1. The standard InChI is InChI=1S/C24H20FN3O3S2/c1-15-27-22(17-7-9-18(25)10-8-17)19(32-15)14-21(29)26-11-12-28-23(30)20(33-24(28)31)13-16-5-3-2-4-6-16/h2-10,13H,11-12,14H2,1H3,(H,26,29)/b20-13-. The van der Waals surface area contributed by atoms with E-state index >= 15 is 0 Å².